The Morgan fingerprint density at radius 3 is 2.70 bits per heavy atom. The largest absolute Gasteiger partial charge is 0.352 e. The molecule has 2 aromatic heterocycles. The molecule has 188 valence electrons. The predicted octanol–water partition coefficient (Wildman–Crippen LogP) is 5.97. The first-order valence-corrected chi connectivity index (χ1v) is 12.7. The Bertz CT molecular complexity index is 1440. The van der Waals surface area contributed by atoms with E-state index in [1.165, 1.54) is 12.1 Å². The summed E-state index contributed by atoms with van der Waals surface area (Å²) < 4.78 is 16.1. The molecule has 0 spiro atoms. The Labute approximate surface area is 225 Å². The minimum absolute atomic E-state index is 0.127. The van der Waals surface area contributed by atoms with Crippen molar-refractivity contribution in [2.45, 2.75) is 25.4 Å². The number of nitrogens with zero attached hydrogens (tertiary/aromatic N) is 3. The summed E-state index contributed by atoms with van der Waals surface area (Å²) in [6.07, 6.45) is 3.88. The van der Waals surface area contributed by atoms with Gasteiger partial charge in [-0.2, -0.15) is 0 Å². The van der Waals surface area contributed by atoms with E-state index in [9.17, 15) is 9.18 Å². The Hall–Kier alpha value is -3.75. The molecule has 3 heterocycles. The van der Waals surface area contributed by atoms with Crippen LogP contribution in [0.3, 0.4) is 0 Å². The van der Waals surface area contributed by atoms with Gasteiger partial charge in [-0.3, -0.25) is 9.78 Å². The van der Waals surface area contributed by atoms with Crippen LogP contribution in [0.2, 0.25) is 5.02 Å². The van der Waals surface area contributed by atoms with Crippen LogP contribution in [0.15, 0.2) is 85.2 Å². The lowest BCUT2D eigenvalue weighted by molar-refractivity contribution is -0.116. The first-order valence-electron chi connectivity index (χ1n) is 11.9. The zero-order valence-electron chi connectivity index (χ0n) is 20.1. The molecule has 2 aromatic carbocycles. The Kier molecular flexibility index (Phi) is 7.21. The SMILES string of the molecule is Cc1cc(-n2cccc2[C@@H]2[C@@H](c3ccccn3)NC(=S)N2CCC(=O)Nc2ccccc2F)ccc1Cl. The van der Waals surface area contributed by atoms with Crippen LogP contribution < -0.4 is 10.6 Å². The number of amides is 1. The van der Waals surface area contributed by atoms with Gasteiger partial charge < -0.3 is 20.1 Å². The van der Waals surface area contributed by atoms with E-state index in [1.807, 2.05) is 66.6 Å². The van der Waals surface area contributed by atoms with E-state index in [0.29, 0.717) is 16.7 Å². The number of nitrogens with one attached hydrogen (secondary N) is 2. The first kappa shape index (κ1) is 24.9. The average Bonchev–Trinajstić information content (AvgIpc) is 3.50. The number of halogens is 2. The van der Waals surface area contributed by atoms with Crippen molar-refractivity contribution in [1.82, 2.24) is 19.8 Å². The maximum atomic E-state index is 14.0. The number of carbonyl (C=O) groups is 1. The maximum absolute atomic E-state index is 14.0. The lowest BCUT2D eigenvalue weighted by atomic mass is 10.0. The van der Waals surface area contributed by atoms with Gasteiger partial charge in [0.2, 0.25) is 5.91 Å². The Morgan fingerprint density at radius 2 is 1.95 bits per heavy atom. The monoisotopic (exact) mass is 533 g/mol. The summed E-state index contributed by atoms with van der Waals surface area (Å²) in [5.74, 6) is -0.768. The third-order valence-corrected chi connectivity index (χ3v) is 7.20. The van der Waals surface area contributed by atoms with Gasteiger partial charge in [-0.25, -0.2) is 4.39 Å². The van der Waals surface area contributed by atoms with Crippen molar-refractivity contribution in [3.8, 4) is 5.69 Å². The van der Waals surface area contributed by atoms with Crippen molar-refractivity contribution in [2.24, 2.45) is 0 Å². The Balaban J connectivity index is 1.46. The molecule has 2 N–H and O–H groups in total. The lowest BCUT2D eigenvalue weighted by Crippen LogP contribution is -2.33. The number of para-hydroxylation sites is 1. The van der Waals surface area contributed by atoms with Crippen LogP contribution >= 0.6 is 23.8 Å². The normalized spacial score (nSPS) is 17.1. The number of benzene rings is 2. The smallest absolute Gasteiger partial charge is 0.226 e. The molecular formula is C28H25ClFN5OS. The molecule has 0 radical (unpaired) electrons. The summed E-state index contributed by atoms with van der Waals surface area (Å²) in [5.41, 5.74) is 3.93. The highest BCUT2D eigenvalue weighted by Gasteiger charge is 2.41. The van der Waals surface area contributed by atoms with E-state index in [4.69, 9.17) is 23.8 Å². The third-order valence-electron chi connectivity index (χ3n) is 6.43. The summed E-state index contributed by atoms with van der Waals surface area (Å²) in [6, 6.07) is 21.3. The van der Waals surface area contributed by atoms with Crippen LogP contribution in [0.5, 0.6) is 0 Å². The highest BCUT2D eigenvalue weighted by atomic mass is 35.5. The number of pyridine rings is 1. The highest BCUT2D eigenvalue weighted by molar-refractivity contribution is 7.80. The molecule has 0 bridgehead atoms. The van der Waals surface area contributed by atoms with Gasteiger partial charge in [0.05, 0.1) is 23.5 Å². The number of anilines is 1. The summed E-state index contributed by atoms with van der Waals surface area (Å²) >= 11 is 12.0. The van der Waals surface area contributed by atoms with Gasteiger partial charge in [-0.05, 0) is 79.3 Å². The van der Waals surface area contributed by atoms with Crippen LogP contribution in [0.4, 0.5) is 10.1 Å². The molecule has 0 aliphatic carbocycles. The van der Waals surface area contributed by atoms with Gasteiger partial charge in [0.1, 0.15) is 5.82 Å². The van der Waals surface area contributed by atoms with E-state index in [2.05, 4.69) is 20.2 Å². The second kappa shape index (κ2) is 10.7. The van der Waals surface area contributed by atoms with Crippen LogP contribution in [0, 0.1) is 12.7 Å². The number of aryl methyl sites for hydroxylation is 1. The van der Waals surface area contributed by atoms with Crippen molar-refractivity contribution >= 4 is 40.5 Å². The van der Waals surface area contributed by atoms with Crippen molar-refractivity contribution in [3.63, 3.8) is 0 Å². The van der Waals surface area contributed by atoms with E-state index >= 15 is 0 Å². The molecule has 4 aromatic rings. The van der Waals surface area contributed by atoms with Crippen molar-refractivity contribution in [3.05, 3.63) is 113 Å². The first-order chi connectivity index (χ1) is 17.9. The van der Waals surface area contributed by atoms with Crippen LogP contribution in [0.25, 0.3) is 5.69 Å². The number of hydrogen-bond acceptors (Lipinski definition) is 3. The molecule has 0 saturated carbocycles. The summed E-state index contributed by atoms with van der Waals surface area (Å²) in [5, 5.41) is 7.30. The fourth-order valence-electron chi connectivity index (χ4n) is 4.61. The molecule has 5 rings (SSSR count). The summed E-state index contributed by atoms with van der Waals surface area (Å²) in [4.78, 5) is 19.3. The third kappa shape index (κ3) is 5.21. The number of rotatable bonds is 7. The molecule has 2 atom stereocenters. The van der Waals surface area contributed by atoms with Gasteiger partial charge >= 0.3 is 0 Å². The molecule has 1 aliphatic heterocycles. The van der Waals surface area contributed by atoms with Gasteiger partial charge in [0.15, 0.2) is 5.11 Å². The van der Waals surface area contributed by atoms with E-state index in [-0.39, 0.29) is 30.1 Å². The van der Waals surface area contributed by atoms with E-state index in [1.54, 1.807) is 18.3 Å². The zero-order chi connectivity index (χ0) is 25.9. The molecular weight excluding hydrogens is 509 g/mol. The van der Waals surface area contributed by atoms with Crippen LogP contribution in [-0.2, 0) is 4.79 Å². The van der Waals surface area contributed by atoms with Crippen molar-refractivity contribution < 1.29 is 9.18 Å². The van der Waals surface area contributed by atoms with Crippen molar-refractivity contribution in [1.29, 1.82) is 0 Å². The molecule has 1 aliphatic rings. The lowest BCUT2D eigenvalue weighted by Gasteiger charge is -2.29. The number of thiocarbonyl (C=S) groups is 1. The predicted molar refractivity (Wildman–Crippen MR) is 147 cm³/mol. The second-order valence-electron chi connectivity index (χ2n) is 8.83. The van der Waals surface area contributed by atoms with E-state index < -0.39 is 5.82 Å². The quantitative estimate of drug-likeness (QED) is 0.286. The van der Waals surface area contributed by atoms with Crippen LogP contribution in [-0.4, -0.2) is 32.0 Å². The van der Waals surface area contributed by atoms with E-state index in [0.717, 1.165) is 22.6 Å². The minimum atomic E-state index is -0.474. The molecule has 1 saturated heterocycles. The summed E-state index contributed by atoms with van der Waals surface area (Å²) in [7, 11) is 0. The highest BCUT2D eigenvalue weighted by Crippen LogP contribution is 2.39. The second-order valence-corrected chi connectivity index (χ2v) is 9.63. The number of aromatic nitrogens is 2. The fraction of sp³-hybridized carbons (Fsp3) is 0.179. The average molecular weight is 534 g/mol. The Morgan fingerprint density at radius 1 is 1.14 bits per heavy atom. The molecule has 0 unspecified atom stereocenters. The van der Waals surface area contributed by atoms with Crippen LogP contribution in [0.1, 0.15) is 35.5 Å². The zero-order valence-corrected chi connectivity index (χ0v) is 21.6. The number of hydrogen-bond donors (Lipinski definition) is 2. The molecule has 37 heavy (non-hydrogen) atoms. The van der Waals surface area contributed by atoms with Crippen molar-refractivity contribution in [2.75, 3.05) is 11.9 Å². The topological polar surface area (TPSA) is 62.2 Å². The van der Waals surface area contributed by atoms with Gasteiger partial charge in [0.25, 0.3) is 0 Å². The van der Waals surface area contributed by atoms with Gasteiger partial charge in [0, 0.05) is 41.8 Å². The molecule has 9 heteroatoms. The maximum Gasteiger partial charge on any atom is 0.226 e. The van der Waals surface area contributed by atoms with Gasteiger partial charge in [-0.15, -0.1) is 0 Å². The minimum Gasteiger partial charge on any atom is -0.352 e. The molecule has 6 nitrogen and oxygen atoms in total. The fourth-order valence-corrected chi connectivity index (χ4v) is 5.06. The summed E-state index contributed by atoms with van der Waals surface area (Å²) in [6.45, 7) is 2.31. The molecule has 1 fully saturated rings. The standard InChI is InChI=1S/C28H25ClFN5OS/c1-18-17-19(11-12-20(18)29)34-15-6-10-24(34)27-26(23-9-4-5-14-31-23)33-28(37)35(27)16-13-25(36)32-22-8-3-2-7-21(22)30/h2-12,14-15,17,26-27H,13,16H2,1H3,(H,32,36)(H,33,37)/t26-,27-/m1/s1. The number of carbonyl (C=O) groups excluding carboxylic acids is 1. The van der Waals surface area contributed by atoms with Gasteiger partial charge in [-0.1, -0.05) is 29.8 Å². The molecule has 1 amide bonds.